The molecule has 1 fully saturated rings. The topological polar surface area (TPSA) is 73.1 Å². The van der Waals surface area contributed by atoms with Gasteiger partial charge in [-0.1, -0.05) is 42.3 Å². The Morgan fingerprint density at radius 1 is 1.06 bits per heavy atom. The first-order chi connectivity index (χ1) is 16.9. The Kier molecular flexibility index (Phi) is 6.45. The minimum absolute atomic E-state index is 0.0484. The molecule has 9 heteroatoms. The van der Waals surface area contributed by atoms with Gasteiger partial charge in [-0.3, -0.25) is 4.79 Å². The molecular weight excluding hydrogens is 485 g/mol. The lowest BCUT2D eigenvalue weighted by Crippen LogP contribution is -2.35. The lowest BCUT2D eigenvalue weighted by atomic mass is 9.77. The van der Waals surface area contributed by atoms with E-state index in [0.717, 1.165) is 5.56 Å². The molecule has 1 aliphatic rings. The molecule has 0 bridgehead atoms. The average Bonchev–Trinajstić information content (AvgIpc) is 3.53. The smallest absolute Gasteiger partial charge is 0.255 e. The van der Waals surface area contributed by atoms with Crippen LogP contribution in [0.2, 0.25) is 10.0 Å². The molecule has 178 valence electrons. The molecule has 0 radical (unpaired) electrons. The maximum atomic E-state index is 13.4. The second-order valence-electron chi connectivity index (χ2n) is 8.90. The first-order valence-corrected chi connectivity index (χ1v) is 11.9. The van der Waals surface area contributed by atoms with Crippen molar-refractivity contribution in [2.75, 3.05) is 19.7 Å². The largest absolute Gasteiger partial charge is 0.477 e. The van der Waals surface area contributed by atoms with Gasteiger partial charge in [-0.15, -0.1) is 0 Å². The molecule has 5 rings (SSSR count). The molecule has 4 aromatic rings. The summed E-state index contributed by atoms with van der Waals surface area (Å²) in [5.74, 6) is 1.12. The Labute approximate surface area is 213 Å². The summed E-state index contributed by atoms with van der Waals surface area (Å²) >= 11 is 12.1. The van der Waals surface area contributed by atoms with Crippen LogP contribution >= 0.6 is 23.2 Å². The Morgan fingerprint density at radius 3 is 2.51 bits per heavy atom. The molecule has 2 unspecified atom stereocenters. The summed E-state index contributed by atoms with van der Waals surface area (Å²) in [5, 5.41) is 5.40. The summed E-state index contributed by atoms with van der Waals surface area (Å²) in [4.78, 5) is 24.0. The Bertz CT molecular complexity index is 1300. The quantitative estimate of drug-likeness (QED) is 0.354. The van der Waals surface area contributed by atoms with E-state index in [-0.39, 0.29) is 17.2 Å². The third-order valence-corrected chi connectivity index (χ3v) is 6.82. The summed E-state index contributed by atoms with van der Waals surface area (Å²) in [6.07, 6.45) is 6.65. The summed E-state index contributed by atoms with van der Waals surface area (Å²) in [6, 6.07) is 16.7. The molecule has 3 aromatic heterocycles. The molecular formula is C26H23Cl2N5O2. The second-order valence-corrected chi connectivity index (χ2v) is 9.78. The predicted molar refractivity (Wildman–Crippen MR) is 134 cm³/mol. The monoisotopic (exact) mass is 507 g/mol. The highest BCUT2D eigenvalue weighted by Gasteiger charge is 2.46. The molecule has 1 saturated heterocycles. The van der Waals surface area contributed by atoms with Crippen LogP contribution in [0.5, 0.6) is 5.88 Å². The van der Waals surface area contributed by atoms with E-state index in [2.05, 4.69) is 22.0 Å². The van der Waals surface area contributed by atoms with Gasteiger partial charge in [-0.2, -0.15) is 5.10 Å². The van der Waals surface area contributed by atoms with Crippen LogP contribution in [0.3, 0.4) is 0 Å². The predicted octanol–water partition coefficient (Wildman–Crippen LogP) is 5.29. The van der Waals surface area contributed by atoms with Crippen LogP contribution in [-0.2, 0) is 0 Å². The minimum Gasteiger partial charge on any atom is -0.477 e. The van der Waals surface area contributed by atoms with E-state index in [1.165, 1.54) is 0 Å². The van der Waals surface area contributed by atoms with Gasteiger partial charge in [-0.25, -0.2) is 14.6 Å². The van der Waals surface area contributed by atoms with E-state index in [4.69, 9.17) is 27.9 Å². The van der Waals surface area contributed by atoms with Gasteiger partial charge in [0, 0.05) is 60.3 Å². The van der Waals surface area contributed by atoms with Crippen LogP contribution in [0.4, 0.5) is 0 Å². The molecule has 35 heavy (non-hydrogen) atoms. The number of rotatable bonds is 6. The number of likely N-dealkylation sites (tertiary alicyclic amines) is 1. The number of aromatic nitrogens is 4. The number of benzene rings is 1. The number of hydrogen-bond donors (Lipinski definition) is 0. The molecule has 4 heterocycles. The van der Waals surface area contributed by atoms with Crippen LogP contribution in [0.15, 0.2) is 79.4 Å². The van der Waals surface area contributed by atoms with Crippen LogP contribution < -0.4 is 4.74 Å². The number of carbonyl (C=O) groups is 1. The van der Waals surface area contributed by atoms with Gasteiger partial charge in [0.25, 0.3) is 5.91 Å². The summed E-state index contributed by atoms with van der Waals surface area (Å²) in [6.45, 7) is 3.59. The van der Waals surface area contributed by atoms with Crippen molar-refractivity contribution in [3.05, 3.63) is 101 Å². The van der Waals surface area contributed by atoms with E-state index in [0.29, 0.717) is 47.0 Å². The van der Waals surface area contributed by atoms with Crippen molar-refractivity contribution in [3.63, 3.8) is 0 Å². The van der Waals surface area contributed by atoms with Crippen LogP contribution in [0.1, 0.15) is 28.8 Å². The normalized spacial score (nSPS) is 19.6. The zero-order chi connectivity index (χ0) is 24.4. The zero-order valence-corrected chi connectivity index (χ0v) is 20.5. The third-order valence-electron chi connectivity index (χ3n) is 6.34. The lowest BCUT2D eigenvalue weighted by molar-refractivity contribution is 0.0757. The highest BCUT2D eigenvalue weighted by Crippen LogP contribution is 2.43. The van der Waals surface area contributed by atoms with Gasteiger partial charge < -0.3 is 9.64 Å². The number of pyridine rings is 2. The van der Waals surface area contributed by atoms with Gasteiger partial charge in [0.1, 0.15) is 0 Å². The lowest BCUT2D eigenvalue weighted by Gasteiger charge is -2.30. The number of nitrogens with zero attached hydrogens (tertiary/aromatic N) is 5. The van der Waals surface area contributed by atoms with Gasteiger partial charge in [0.05, 0.1) is 17.2 Å². The molecule has 2 atom stereocenters. The van der Waals surface area contributed by atoms with Gasteiger partial charge in [-0.05, 0) is 42.0 Å². The van der Waals surface area contributed by atoms with E-state index in [1.54, 1.807) is 47.5 Å². The summed E-state index contributed by atoms with van der Waals surface area (Å²) in [7, 11) is 0. The van der Waals surface area contributed by atoms with Crippen molar-refractivity contribution in [2.45, 2.75) is 12.8 Å². The first kappa shape index (κ1) is 23.3. The SMILES string of the molecule is CC1(COc2ccc(Cl)cn2)CN(C(=O)c2ccc(-n3cccn3)nc2)CC1c1ccc(Cl)cc1. The molecule has 1 amide bonds. The minimum atomic E-state index is -0.354. The van der Waals surface area contributed by atoms with E-state index in [1.807, 2.05) is 41.4 Å². The van der Waals surface area contributed by atoms with Crippen molar-refractivity contribution in [3.8, 4) is 11.7 Å². The number of ether oxygens (including phenoxy) is 1. The van der Waals surface area contributed by atoms with E-state index < -0.39 is 0 Å². The third kappa shape index (κ3) is 5.01. The fraction of sp³-hybridized carbons (Fsp3) is 0.231. The average molecular weight is 508 g/mol. The van der Waals surface area contributed by atoms with Crippen LogP contribution in [0, 0.1) is 5.41 Å². The maximum absolute atomic E-state index is 13.4. The van der Waals surface area contributed by atoms with Gasteiger partial charge >= 0.3 is 0 Å². The highest BCUT2D eigenvalue weighted by molar-refractivity contribution is 6.30. The Balaban J connectivity index is 1.38. The van der Waals surface area contributed by atoms with Crippen molar-refractivity contribution in [1.29, 1.82) is 0 Å². The van der Waals surface area contributed by atoms with E-state index >= 15 is 0 Å². The van der Waals surface area contributed by atoms with E-state index in [9.17, 15) is 4.79 Å². The van der Waals surface area contributed by atoms with Gasteiger partial charge in [0.2, 0.25) is 5.88 Å². The number of halogens is 2. The number of carbonyl (C=O) groups excluding carboxylic acids is 1. The van der Waals surface area contributed by atoms with Crippen molar-refractivity contribution < 1.29 is 9.53 Å². The standard InChI is InChI=1S/C26H23Cl2N5O2/c1-26(17-35-24-10-8-21(28)14-30-24)16-32(15-22(26)18-3-6-20(27)7-4-18)25(34)19-5-9-23(29-13-19)33-12-2-11-31-33/h2-14,22H,15-17H2,1H3. The summed E-state index contributed by atoms with van der Waals surface area (Å²) < 4.78 is 7.71. The van der Waals surface area contributed by atoms with Crippen LogP contribution in [0.25, 0.3) is 5.82 Å². The fourth-order valence-corrected chi connectivity index (χ4v) is 4.71. The van der Waals surface area contributed by atoms with Crippen molar-refractivity contribution in [1.82, 2.24) is 24.6 Å². The number of amides is 1. The first-order valence-electron chi connectivity index (χ1n) is 11.2. The van der Waals surface area contributed by atoms with Crippen molar-refractivity contribution in [2.24, 2.45) is 5.41 Å². The van der Waals surface area contributed by atoms with Crippen molar-refractivity contribution >= 4 is 29.1 Å². The van der Waals surface area contributed by atoms with Crippen LogP contribution in [-0.4, -0.2) is 50.3 Å². The maximum Gasteiger partial charge on any atom is 0.255 e. The highest BCUT2D eigenvalue weighted by atomic mass is 35.5. The summed E-state index contributed by atoms with van der Waals surface area (Å²) in [5.41, 5.74) is 1.28. The molecule has 7 nitrogen and oxygen atoms in total. The zero-order valence-electron chi connectivity index (χ0n) is 19.0. The molecule has 1 aliphatic heterocycles. The molecule has 0 N–H and O–H groups in total. The van der Waals surface area contributed by atoms with Gasteiger partial charge in [0.15, 0.2) is 5.82 Å². The molecule has 1 aromatic carbocycles. The molecule has 0 aliphatic carbocycles. The number of hydrogen-bond acceptors (Lipinski definition) is 5. The Morgan fingerprint density at radius 2 is 1.86 bits per heavy atom. The Hall–Kier alpha value is -3.42. The fourth-order valence-electron chi connectivity index (χ4n) is 4.48. The second kappa shape index (κ2) is 9.68. The molecule has 0 spiro atoms. The molecule has 0 saturated carbocycles.